The first-order valence-electron chi connectivity index (χ1n) is 8.56. The highest BCUT2D eigenvalue weighted by Crippen LogP contribution is 2.22. The van der Waals surface area contributed by atoms with E-state index in [9.17, 15) is 4.39 Å². The predicted octanol–water partition coefficient (Wildman–Crippen LogP) is 0.345. The number of piperazine rings is 2. The summed E-state index contributed by atoms with van der Waals surface area (Å²) in [4.78, 5) is 6.82. The highest BCUT2D eigenvalue weighted by Gasteiger charge is 2.18. The van der Waals surface area contributed by atoms with Gasteiger partial charge in [0.15, 0.2) is 0 Å². The molecule has 0 aliphatic carbocycles. The number of aliphatic hydroxyl groups excluding tert-OH is 1. The van der Waals surface area contributed by atoms with E-state index in [1.54, 1.807) is 6.07 Å². The summed E-state index contributed by atoms with van der Waals surface area (Å²) < 4.78 is 14.2. The van der Waals surface area contributed by atoms with Crippen LogP contribution in [0.15, 0.2) is 18.2 Å². The van der Waals surface area contributed by atoms with Gasteiger partial charge in [-0.25, -0.2) is 4.39 Å². The first-order chi connectivity index (χ1) is 11.3. The van der Waals surface area contributed by atoms with Gasteiger partial charge in [-0.05, 0) is 17.7 Å². The van der Waals surface area contributed by atoms with Gasteiger partial charge >= 0.3 is 0 Å². The molecule has 23 heavy (non-hydrogen) atoms. The number of nitrogens with zero attached hydrogens (tertiary/aromatic N) is 3. The molecule has 2 saturated heterocycles. The molecule has 0 spiro atoms. The summed E-state index contributed by atoms with van der Waals surface area (Å²) in [7, 11) is 0. The molecule has 2 aliphatic rings. The Labute approximate surface area is 137 Å². The summed E-state index contributed by atoms with van der Waals surface area (Å²) in [6.07, 6.45) is 0. The van der Waals surface area contributed by atoms with Crippen LogP contribution in [0.25, 0.3) is 0 Å². The summed E-state index contributed by atoms with van der Waals surface area (Å²) >= 11 is 0. The fourth-order valence-corrected chi connectivity index (χ4v) is 3.38. The molecule has 0 unspecified atom stereocenters. The molecule has 0 aromatic heterocycles. The normalized spacial score (nSPS) is 20.9. The van der Waals surface area contributed by atoms with Gasteiger partial charge in [0.1, 0.15) is 5.82 Å². The Bertz CT molecular complexity index is 499. The second-order valence-corrected chi connectivity index (χ2v) is 6.36. The van der Waals surface area contributed by atoms with Crippen molar-refractivity contribution < 1.29 is 9.50 Å². The zero-order valence-electron chi connectivity index (χ0n) is 13.7. The molecule has 1 aromatic carbocycles. The van der Waals surface area contributed by atoms with Gasteiger partial charge in [0.05, 0.1) is 12.3 Å². The van der Waals surface area contributed by atoms with Crippen molar-refractivity contribution in [2.75, 3.05) is 70.4 Å². The van der Waals surface area contributed by atoms with Gasteiger partial charge in [-0.2, -0.15) is 0 Å². The van der Waals surface area contributed by atoms with Gasteiger partial charge in [-0.1, -0.05) is 6.07 Å². The number of anilines is 1. The number of hydrogen-bond donors (Lipinski definition) is 2. The van der Waals surface area contributed by atoms with Crippen LogP contribution in [0.5, 0.6) is 0 Å². The molecule has 5 nitrogen and oxygen atoms in total. The second-order valence-electron chi connectivity index (χ2n) is 6.36. The van der Waals surface area contributed by atoms with Crippen molar-refractivity contribution in [3.8, 4) is 0 Å². The maximum atomic E-state index is 14.2. The number of halogens is 1. The fraction of sp³-hybridized carbons (Fsp3) is 0.647. The molecule has 2 fully saturated rings. The number of benzene rings is 1. The molecule has 6 heteroatoms. The summed E-state index contributed by atoms with van der Waals surface area (Å²) in [5.74, 6) is -0.122. The molecule has 0 atom stereocenters. The Morgan fingerprint density at radius 2 is 1.70 bits per heavy atom. The summed E-state index contributed by atoms with van der Waals surface area (Å²) in [5, 5.41) is 12.3. The van der Waals surface area contributed by atoms with Crippen LogP contribution in [-0.2, 0) is 6.54 Å². The largest absolute Gasteiger partial charge is 0.395 e. The van der Waals surface area contributed by atoms with Crippen LogP contribution in [0.4, 0.5) is 10.1 Å². The Morgan fingerprint density at radius 3 is 2.39 bits per heavy atom. The summed E-state index contributed by atoms with van der Waals surface area (Å²) in [5.41, 5.74) is 1.92. The third-order valence-corrected chi connectivity index (χ3v) is 4.76. The lowest BCUT2D eigenvalue weighted by atomic mass is 10.1. The third-order valence-electron chi connectivity index (χ3n) is 4.76. The average Bonchev–Trinajstić information content (AvgIpc) is 2.59. The summed E-state index contributed by atoms with van der Waals surface area (Å²) in [6, 6.07) is 5.52. The molecule has 3 rings (SSSR count). The van der Waals surface area contributed by atoms with Crippen LogP contribution in [0.1, 0.15) is 5.56 Å². The van der Waals surface area contributed by atoms with E-state index in [0.717, 1.165) is 71.1 Å². The molecule has 0 bridgehead atoms. The number of β-amino-alcohol motifs (C(OH)–C–C–N with tert-alkyl or cyclic N) is 1. The SMILES string of the molecule is OCCN1CCN(Cc2ccc(F)c(N3CCNCC3)c2)CC1. The number of hydrogen-bond acceptors (Lipinski definition) is 5. The van der Waals surface area contributed by atoms with Crippen molar-refractivity contribution in [3.05, 3.63) is 29.6 Å². The Hall–Kier alpha value is -1.21. The van der Waals surface area contributed by atoms with Crippen LogP contribution in [0, 0.1) is 5.82 Å². The van der Waals surface area contributed by atoms with Gasteiger partial charge in [0.2, 0.25) is 0 Å². The van der Waals surface area contributed by atoms with Crippen LogP contribution < -0.4 is 10.2 Å². The lowest BCUT2D eigenvalue weighted by Gasteiger charge is -2.34. The molecule has 0 radical (unpaired) electrons. The van der Waals surface area contributed by atoms with E-state index in [1.165, 1.54) is 5.56 Å². The van der Waals surface area contributed by atoms with Crippen LogP contribution >= 0.6 is 0 Å². The predicted molar refractivity (Wildman–Crippen MR) is 90.3 cm³/mol. The van der Waals surface area contributed by atoms with Gasteiger partial charge in [0.25, 0.3) is 0 Å². The van der Waals surface area contributed by atoms with Crippen molar-refractivity contribution in [1.29, 1.82) is 0 Å². The van der Waals surface area contributed by atoms with E-state index in [1.807, 2.05) is 12.1 Å². The molecule has 1 aromatic rings. The van der Waals surface area contributed by atoms with Gasteiger partial charge < -0.3 is 15.3 Å². The van der Waals surface area contributed by atoms with Crippen LogP contribution in [-0.4, -0.2) is 80.4 Å². The molecule has 128 valence electrons. The topological polar surface area (TPSA) is 42.0 Å². The first-order valence-corrected chi connectivity index (χ1v) is 8.56. The van der Waals surface area contributed by atoms with Crippen molar-refractivity contribution in [3.63, 3.8) is 0 Å². The van der Waals surface area contributed by atoms with Gasteiger partial charge in [0, 0.05) is 65.4 Å². The minimum Gasteiger partial charge on any atom is -0.395 e. The zero-order chi connectivity index (χ0) is 16.1. The quantitative estimate of drug-likeness (QED) is 0.819. The Kier molecular flexibility index (Phi) is 5.83. The first kappa shape index (κ1) is 16.6. The number of nitrogens with one attached hydrogen (secondary N) is 1. The highest BCUT2D eigenvalue weighted by molar-refractivity contribution is 5.50. The van der Waals surface area contributed by atoms with E-state index in [4.69, 9.17) is 5.11 Å². The molecule has 2 N–H and O–H groups in total. The smallest absolute Gasteiger partial charge is 0.146 e. The van der Waals surface area contributed by atoms with Crippen molar-refractivity contribution >= 4 is 5.69 Å². The van der Waals surface area contributed by atoms with Gasteiger partial charge in [-0.15, -0.1) is 0 Å². The van der Waals surface area contributed by atoms with E-state index in [2.05, 4.69) is 20.0 Å². The maximum absolute atomic E-state index is 14.2. The van der Waals surface area contributed by atoms with E-state index < -0.39 is 0 Å². The molecule has 0 saturated carbocycles. The second kappa shape index (κ2) is 8.06. The lowest BCUT2D eigenvalue weighted by molar-refractivity contribution is 0.108. The summed E-state index contributed by atoms with van der Waals surface area (Å²) in [6.45, 7) is 9.39. The van der Waals surface area contributed by atoms with E-state index in [-0.39, 0.29) is 12.4 Å². The van der Waals surface area contributed by atoms with Gasteiger partial charge in [-0.3, -0.25) is 9.80 Å². The Morgan fingerprint density at radius 1 is 1.00 bits per heavy atom. The highest BCUT2D eigenvalue weighted by atomic mass is 19.1. The standard InChI is InChI=1S/C17H27FN4O/c18-16-2-1-15(13-17(16)22-5-3-19-4-6-22)14-21-9-7-20(8-10-21)11-12-23/h1-2,13,19,23H,3-12,14H2. The monoisotopic (exact) mass is 322 g/mol. The molecule has 2 aliphatic heterocycles. The Balaban J connectivity index is 1.60. The zero-order valence-corrected chi connectivity index (χ0v) is 13.7. The fourth-order valence-electron chi connectivity index (χ4n) is 3.38. The molecule has 2 heterocycles. The van der Waals surface area contributed by atoms with E-state index >= 15 is 0 Å². The van der Waals surface area contributed by atoms with Crippen molar-refractivity contribution in [2.45, 2.75) is 6.54 Å². The van der Waals surface area contributed by atoms with Crippen LogP contribution in [0.2, 0.25) is 0 Å². The average molecular weight is 322 g/mol. The minimum atomic E-state index is -0.122. The lowest BCUT2D eigenvalue weighted by Crippen LogP contribution is -2.46. The number of aliphatic hydroxyl groups is 1. The van der Waals surface area contributed by atoms with Crippen molar-refractivity contribution in [2.24, 2.45) is 0 Å². The molecular weight excluding hydrogens is 295 g/mol. The molecular formula is C17H27FN4O. The number of rotatable bonds is 5. The van der Waals surface area contributed by atoms with E-state index in [0.29, 0.717) is 0 Å². The minimum absolute atomic E-state index is 0.122. The third kappa shape index (κ3) is 4.41. The van der Waals surface area contributed by atoms with Crippen LogP contribution in [0.3, 0.4) is 0 Å². The molecule has 0 amide bonds. The van der Waals surface area contributed by atoms with Crippen molar-refractivity contribution in [1.82, 2.24) is 15.1 Å². The maximum Gasteiger partial charge on any atom is 0.146 e.